The van der Waals surface area contributed by atoms with Crippen molar-refractivity contribution in [1.82, 2.24) is 9.97 Å². The lowest BCUT2D eigenvalue weighted by atomic mass is 9.83. The van der Waals surface area contributed by atoms with E-state index in [1.807, 2.05) is 18.2 Å². The van der Waals surface area contributed by atoms with Crippen LogP contribution in [0.1, 0.15) is 51.2 Å². The number of furan rings is 1. The third-order valence-corrected chi connectivity index (χ3v) is 6.79. The summed E-state index contributed by atoms with van der Waals surface area (Å²) in [7, 11) is 3.09. The number of esters is 1. The van der Waals surface area contributed by atoms with Gasteiger partial charge in [-0.2, -0.15) is 4.98 Å². The summed E-state index contributed by atoms with van der Waals surface area (Å²) in [4.78, 5) is 34.2. The van der Waals surface area contributed by atoms with Gasteiger partial charge < -0.3 is 35.4 Å². The number of benzene rings is 2. The van der Waals surface area contributed by atoms with Crippen LogP contribution >= 0.6 is 0 Å². The summed E-state index contributed by atoms with van der Waals surface area (Å²) in [5, 5.41) is 3.12. The highest BCUT2D eigenvalue weighted by Gasteiger charge is 2.36. The summed E-state index contributed by atoms with van der Waals surface area (Å²) in [5.74, 6) is 6.01. The van der Waals surface area contributed by atoms with Gasteiger partial charge in [-0.1, -0.05) is 17.9 Å². The van der Waals surface area contributed by atoms with Crippen molar-refractivity contribution in [2.45, 2.75) is 19.3 Å². The highest BCUT2D eigenvalue weighted by molar-refractivity contribution is 6.09. The molecule has 3 heterocycles. The number of hydrogen-bond acceptors (Lipinski definition) is 11. The fourth-order valence-electron chi connectivity index (χ4n) is 4.80. The number of Topliss-reactive ketones (excluding diaryl/α,β-unsaturated/α-hetero) is 1. The van der Waals surface area contributed by atoms with Gasteiger partial charge in [-0.25, -0.2) is 9.78 Å². The monoisotopic (exact) mass is 579 g/mol. The van der Waals surface area contributed by atoms with Crippen LogP contribution in [0, 0.1) is 11.8 Å². The molecule has 5 rings (SSSR count). The molecule has 0 radical (unpaired) electrons. The van der Waals surface area contributed by atoms with Gasteiger partial charge in [0.15, 0.2) is 17.3 Å². The van der Waals surface area contributed by atoms with Gasteiger partial charge in [0.1, 0.15) is 5.82 Å². The summed E-state index contributed by atoms with van der Waals surface area (Å²) in [5.41, 5.74) is 15.9. The molecule has 2 aromatic heterocycles. The van der Waals surface area contributed by atoms with Crippen molar-refractivity contribution in [1.29, 1.82) is 0 Å². The fraction of sp³-hybridized carbons (Fsp3) is 0.188. The highest BCUT2D eigenvalue weighted by atomic mass is 16.5. The summed E-state index contributed by atoms with van der Waals surface area (Å²) >= 11 is 0. The van der Waals surface area contributed by atoms with E-state index in [0.717, 1.165) is 5.56 Å². The Labute approximate surface area is 247 Å². The van der Waals surface area contributed by atoms with E-state index in [1.165, 1.54) is 12.5 Å². The van der Waals surface area contributed by atoms with Crippen LogP contribution in [-0.2, 0) is 16.0 Å². The third kappa shape index (κ3) is 5.99. The van der Waals surface area contributed by atoms with E-state index in [2.05, 4.69) is 27.1 Å². The Bertz CT molecular complexity index is 1790. The van der Waals surface area contributed by atoms with E-state index in [0.29, 0.717) is 51.7 Å². The van der Waals surface area contributed by atoms with Crippen LogP contribution in [0.3, 0.4) is 0 Å². The summed E-state index contributed by atoms with van der Waals surface area (Å²) in [6.45, 7) is 1.88. The van der Waals surface area contributed by atoms with Gasteiger partial charge in [0.05, 0.1) is 44.1 Å². The topological polar surface area (TPSA) is 165 Å². The van der Waals surface area contributed by atoms with Crippen LogP contribution in [0.5, 0.6) is 11.5 Å². The molecular weight excluding hydrogens is 550 g/mol. The van der Waals surface area contributed by atoms with Crippen LogP contribution in [0.4, 0.5) is 17.5 Å². The Balaban J connectivity index is 1.50. The van der Waals surface area contributed by atoms with Crippen molar-refractivity contribution in [3.63, 3.8) is 0 Å². The van der Waals surface area contributed by atoms with Gasteiger partial charge in [0, 0.05) is 35.6 Å². The molecule has 5 N–H and O–H groups in total. The number of rotatable bonds is 8. The second kappa shape index (κ2) is 12.4. The number of ketones is 1. The summed E-state index contributed by atoms with van der Waals surface area (Å²) in [6, 6.07) is 12.3. The molecule has 43 heavy (non-hydrogen) atoms. The minimum Gasteiger partial charge on any atom is -0.493 e. The maximum absolute atomic E-state index is 13.4. The Morgan fingerprint density at radius 2 is 1.93 bits per heavy atom. The smallest absolute Gasteiger partial charge is 0.336 e. The highest BCUT2D eigenvalue weighted by Crippen LogP contribution is 2.38. The number of methoxy groups -OCH3 is 2. The number of nitrogens with one attached hydrogen (secondary N) is 1. The quantitative estimate of drug-likeness (QED) is 0.156. The number of aromatic nitrogens is 2. The predicted molar refractivity (Wildman–Crippen MR) is 160 cm³/mol. The number of nitrogens with two attached hydrogens (primary N) is 2. The maximum atomic E-state index is 13.4. The zero-order chi connectivity index (χ0) is 30.5. The van der Waals surface area contributed by atoms with E-state index in [-0.39, 0.29) is 29.7 Å². The zero-order valence-corrected chi connectivity index (χ0v) is 23.8. The minimum atomic E-state index is -0.908. The molecule has 218 valence electrons. The van der Waals surface area contributed by atoms with Gasteiger partial charge in [-0.05, 0) is 54.4 Å². The number of hydrogen-bond donors (Lipinski definition) is 3. The first-order valence-electron chi connectivity index (χ1n) is 13.3. The van der Waals surface area contributed by atoms with E-state index in [4.69, 9.17) is 30.1 Å². The van der Waals surface area contributed by atoms with Crippen LogP contribution in [0.25, 0.3) is 0 Å². The lowest BCUT2D eigenvalue weighted by Gasteiger charge is -2.25. The number of anilines is 3. The van der Waals surface area contributed by atoms with E-state index in [1.54, 1.807) is 51.6 Å². The fourth-order valence-corrected chi connectivity index (χ4v) is 4.80. The molecule has 0 aliphatic carbocycles. The number of carbonyl (C=O) groups is 2. The first kappa shape index (κ1) is 28.8. The minimum absolute atomic E-state index is 0.101. The summed E-state index contributed by atoms with van der Waals surface area (Å²) in [6.07, 6.45) is 4.92. The molecule has 11 nitrogen and oxygen atoms in total. The largest absolute Gasteiger partial charge is 0.493 e. The molecule has 1 atom stereocenters. The standard InChI is InChI=1S/C32H29N5O6/c1-4-42-31(39)23-17-35-24-14-18(8-10-22(24)27(23)28(38)25-6-5-11-43-25)7-9-20-12-19(15-26(40-2)29(20)41-3)13-21-16-36-32(34)37-30(21)33/h5-6,8,10-12,14-17,27,35H,4,13H2,1-3H3,(H4,33,34,36,37). The normalized spacial score (nSPS) is 13.5. The van der Waals surface area contributed by atoms with Gasteiger partial charge >= 0.3 is 5.97 Å². The van der Waals surface area contributed by atoms with Crippen molar-refractivity contribution in [2.75, 3.05) is 37.6 Å². The predicted octanol–water partition coefficient (Wildman–Crippen LogP) is 4.08. The molecule has 1 unspecified atom stereocenters. The second-order valence-electron chi connectivity index (χ2n) is 9.49. The molecule has 1 aliphatic heterocycles. The molecule has 0 saturated carbocycles. The number of nitrogens with zero attached hydrogens (tertiary/aromatic N) is 2. The van der Waals surface area contributed by atoms with Crippen molar-refractivity contribution in [3.8, 4) is 23.3 Å². The molecule has 0 fully saturated rings. The van der Waals surface area contributed by atoms with E-state index < -0.39 is 11.9 Å². The van der Waals surface area contributed by atoms with Crippen LogP contribution in [-0.4, -0.2) is 42.5 Å². The first-order valence-corrected chi connectivity index (χ1v) is 13.3. The maximum Gasteiger partial charge on any atom is 0.336 e. The molecule has 1 aliphatic rings. The molecule has 0 saturated heterocycles. The molecule has 4 aromatic rings. The van der Waals surface area contributed by atoms with Crippen LogP contribution in [0.15, 0.2) is 71.1 Å². The third-order valence-electron chi connectivity index (χ3n) is 6.79. The number of fused-ring (bicyclic) bond motifs is 1. The Kier molecular flexibility index (Phi) is 8.29. The molecule has 11 heteroatoms. The van der Waals surface area contributed by atoms with E-state index in [9.17, 15) is 9.59 Å². The van der Waals surface area contributed by atoms with Crippen LogP contribution < -0.4 is 26.3 Å². The Morgan fingerprint density at radius 3 is 2.63 bits per heavy atom. The van der Waals surface area contributed by atoms with Gasteiger partial charge in [-0.15, -0.1) is 0 Å². The molecule has 2 aromatic carbocycles. The average molecular weight is 580 g/mol. The molecular formula is C32H29N5O6. The number of carbonyl (C=O) groups excluding carboxylic acids is 2. The molecule has 0 bridgehead atoms. The van der Waals surface area contributed by atoms with Gasteiger partial charge in [0.2, 0.25) is 11.7 Å². The lowest BCUT2D eigenvalue weighted by Crippen LogP contribution is -2.26. The van der Waals surface area contributed by atoms with Crippen LogP contribution in [0.2, 0.25) is 0 Å². The van der Waals surface area contributed by atoms with Gasteiger partial charge in [0.25, 0.3) is 0 Å². The number of nitrogen functional groups attached to an aromatic ring is 2. The molecule has 0 amide bonds. The first-order chi connectivity index (χ1) is 20.8. The summed E-state index contributed by atoms with van der Waals surface area (Å²) < 4.78 is 21.8. The van der Waals surface area contributed by atoms with Crippen molar-refractivity contribution in [2.24, 2.45) is 0 Å². The van der Waals surface area contributed by atoms with Crippen molar-refractivity contribution >= 4 is 29.2 Å². The second-order valence-corrected chi connectivity index (χ2v) is 9.49. The SMILES string of the molecule is CCOC(=O)C1=CNc2cc(C#Cc3cc(Cc4cnc(N)nc4N)cc(OC)c3OC)ccc2C1C(=O)c1ccco1. The van der Waals surface area contributed by atoms with E-state index >= 15 is 0 Å². The Hall–Kier alpha value is -5.76. The average Bonchev–Trinajstić information content (AvgIpc) is 3.55. The van der Waals surface area contributed by atoms with Crippen molar-refractivity contribution < 1.29 is 28.2 Å². The Morgan fingerprint density at radius 1 is 1.09 bits per heavy atom. The lowest BCUT2D eigenvalue weighted by molar-refractivity contribution is -0.138. The van der Waals surface area contributed by atoms with Gasteiger partial charge in [-0.3, -0.25) is 4.79 Å². The molecule has 0 spiro atoms. The zero-order valence-electron chi connectivity index (χ0n) is 23.8. The van der Waals surface area contributed by atoms with Crippen molar-refractivity contribution in [3.05, 3.63) is 100 Å². The number of ether oxygens (including phenoxy) is 3.